The Bertz CT molecular complexity index is 580. The van der Waals surface area contributed by atoms with Crippen LogP contribution < -0.4 is 0 Å². The average Bonchev–Trinajstić information content (AvgIpc) is 2.56. The summed E-state index contributed by atoms with van der Waals surface area (Å²) in [4.78, 5) is 8.85. The number of aryl methyl sites for hydroxylation is 1. The summed E-state index contributed by atoms with van der Waals surface area (Å²) in [5, 5.41) is 1.21. The van der Waals surface area contributed by atoms with Gasteiger partial charge in [0.05, 0.1) is 5.69 Å². The van der Waals surface area contributed by atoms with Gasteiger partial charge in [-0.1, -0.05) is 20.8 Å². The van der Waals surface area contributed by atoms with Crippen LogP contribution in [0.4, 0.5) is 0 Å². The van der Waals surface area contributed by atoms with Gasteiger partial charge in [0.15, 0.2) is 0 Å². The summed E-state index contributed by atoms with van der Waals surface area (Å²) in [6, 6.07) is 0. The molecule has 0 spiro atoms. The van der Waals surface area contributed by atoms with Crippen LogP contribution in [0.3, 0.4) is 0 Å². The highest BCUT2D eigenvalue weighted by Crippen LogP contribution is 2.34. The molecule has 0 unspecified atom stereocenters. The second kappa shape index (κ2) is 3.81. The Hall–Kier alpha value is -1.38. The molecule has 98 valence electrons. The van der Waals surface area contributed by atoms with Crippen molar-refractivity contribution in [3.63, 3.8) is 0 Å². The van der Waals surface area contributed by atoms with Crippen LogP contribution in [0.1, 0.15) is 52.8 Å². The zero-order chi connectivity index (χ0) is 13.7. The lowest BCUT2D eigenvalue weighted by Crippen LogP contribution is -2.21. The molecule has 2 heterocycles. The highest BCUT2D eigenvalue weighted by molar-refractivity contribution is 5.84. The van der Waals surface area contributed by atoms with Gasteiger partial charge in [0.2, 0.25) is 0 Å². The first-order chi connectivity index (χ1) is 8.12. The predicted octanol–water partition coefficient (Wildman–Crippen LogP) is 3.79. The van der Waals surface area contributed by atoms with E-state index in [1.165, 1.54) is 10.9 Å². The van der Waals surface area contributed by atoms with E-state index in [0.29, 0.717) is 0 Å². The van der Waals surface area contributed by atoms with Gasteiger partial charge in [-0.2, -0.15) is 0 Å². The van der Waals surface area contributed by atoms with Crippen molar-refractivity contribution in [2.45, 2.75) is 59.4 Å². The van der Waals surface area contributed by atoms with E-state index in [9.17, 15) is 0 Å². The lowest BCUT2D eigenvalue weighted by Gasteiger charge is -2.22. The Morgan fingerprint density at radius 3 is 2.11 bits per heavy atom. The minimum Gasteiger partial charge on any atom is -0.327 e. The molecule has 0 amide bonds. The maximum absolute atomic E-state index is 4.49. The van der Waals surface area contributed by atoms with Crippen molar-refractivity contribution >= 4 is 11.0 Å². The molecule has 2 rings (SSSR count). The van der Waals surface area contributed by atoms with Gasteiger partial charge in [-0.05, 0) is 38.7 Å². The summed E-state index contributed by atoms with van der Waals surface area (Å²) in [6.45, 7) is 15.4. The quantitative estimate of drug-likeness (QED) is 0.707. The molecule has 0 bridgehead atoms. The largest absolute Gasteiger partial charge is 0.327 e. The zero-order valence-corrected chi connectivity index (χ0v) is 12.5. The Morgan fingerprint density at radius 2 is 1.61 bits per heavy atom. The summed E-state index contributed by atoms with van der Waals surface area (Å²) in [5.41, 5.74) is 3.56. The minimum atomic E-state index is 0.0303. The molecule has 0 fully saturated rings. The molecule has 0 saturated carbocycles. The Labute approximate surface area is 109 Å². The second-order valence-corrected chi connectivity index (χ2v) is 6.99. The Balaban J connectivity index is 2.89. The Morgan fingerprint density at radius 1 is 1.00 bits per heavy atom. The third-order valence-corrected chi connectivity index (χ3v) is 3.30. The van der Waals surface area contributed by atoms with E-state index in [4.69, 9.17) is 0 Å². The highest BCUT2D eigenvalue weighted by atomic mass is 15.1. The van der Waals surface area contributed by atoms with Crippen molar-refractivity contribution < 1.29 is 0 Å². The third kappa shape index (κ3) is 2.02. The average molecular weight is 245 g/mol. The lowest BCUT2D eigenvalue weighted by molar-refractivity contribution is 0.406. The maximum atomic E-state index is 4.49. The van der Waals surface area contributed by atoms with Crippen LogP contribution in [-0.4, -0.2) is 14.5 Å². The molecular weight excluding hydrogens is 222 g/mol. The normalized spacial score (nSPS) is 13.3. The topological polar surface area (TPSA) is 30.7 Å². The fraction of sp³-hybridized carbons (Fsp3) is 0.600. The standard InChI is InChI=1S/C15H23N3/c1-10-12-11(14(2,3)4)8-18(15(5,6)7)13(12)17-9-16-10/h8-9H,1-7H3. The van der Waals surface area contributed by atoms with Crippen molar-refractivity contribution in [1.29, 1.82) is 0 Å². The van der Waals surface area contributed by atoms with Gasteiger partial charge in [-0.3, -0.25) is 0 Å². The second-order valence-electron chi connectivity index (χ2n) is 6.99. The summed E-state index contributed by atoms with van der Waals surface area (Å²) in [7, 11) is 0. The van der Waals surface area contributed by atoms with Crippen LogP contribution >= 0.6 is 0 Å². The van der Waals surface area contributed by atoms with Gasteiger partial charge in [-0.15, -0.1) is 0 Å². The Kier molecular flexibility index (Phi) is 2.76. The van der Waals surface area contributed by atoms with Crippen LogP contribution in [0, 0.1) is 6.92 Å². The number of hydrogen-bond acceptors (Lipinski definition) is 2. The van der Waals surface area contributed by atoms with Gasteiger partial charge >= 0.3 is 0 Å². The fourth-order valence-corrected chi connectivity index (χ4v) is 2.29. The summed E-state index contributed by atoms with van der Waals surface area (Å²) in [6.07, 6.45) is 3.90. The molecular formula is C15H23N3. The van der Waals surface area contributed by atoms with Crippen LogP contribution in [0.5, 0.6) is 0 Å². The van der Waals surface area contributed by atoms with Gasteiger partial charge in [-0.25, -0.2) is 9.97 Å². The van der Waals surface area contributed by atoms with E-state index in [1.807, 2.05) is 0 Å². The van der Waals surface area contributed by atoms with Crippen molar-refractivity contribution in [3.05, 3.63) is 23.8 Å². The van der Waals surface area contributed by atoms with Gasteiger partial charge < -0.3 is 4.57 Å². The van der Waals surface area contributed by atoms with Crippen LogP contribution in [-0.2, 0) is 11.0 Å². The molecule has 0 aromatic carbocycles. The third-order valence-electron chi connectivity index (χ3n) is 3.30. The summed E-state index contributed by atoms with van der Waals surface area (Å²) in [5.74, 6) is 0. The molecule has 0 aliphatic heterocycles. The number of hydrogen-bond donors (Lipinski definition) is 0. The van der Waals surface area contributed by atoms with Crippen molar-refractivity contribution in [2.75, 3.05) is 0 Å². The van der Waals surface area contributed by atoms with E-state index in [-0.39, 0.29) is 11.0 Å². The molecule has 0 aliphatic rings. The molecule has 0 atom stereocenters. The van der Waals surface area contributed by atoms with Crippen LogP contribution in [0.15, 0.2) is 12.5 Å². The van der Waals surface area contributed by atoms with Gasteiger partial charge in [0.25, 0.3) is 0 Å². The van der Waals surface area contributed by atoms with Crippen LogP contribution in [0.2, 0.25) is 0 Å². The van der Waals surface area contributed by atoms with E-state index in [2.05, 4.69) is 69.2 Å². The van der Waals surface area contributed by atoms with Crippen LogP contribution in [0.25, 0.3) is 11.0 Å². The minimum absolute atomic E-state index is 0.0303. The molecule has 0 saturated heterocycles. The number of aromatic nitrogens is 3. The number of rotatable bonds is 0. The van der Waals surface area contributed by atoms with E-state index in [0.717, 1.165) is 11.3 Å². The smallest absolute Gasteiger partial charge is 0.144 e. The molecule has 2 aromatic heterocycles. The van der Waals surface area contributed by atoms with E-state index >= 15 is 0 Å². The summed E-state index contributed by atoms with van der Waals surface area (Å²) < 4.78 is 2.26. The lowest BCUT2D eigenvalue weighted by atomic mass is 9.87. The molecule has 2 aromatic rings. The first-order valence-corrected chi connectivity index (χ1v) is 6.46. The SMILES string of the molecule is Cc1ncnc2c1c(C(C)(C)C)cn2C(C)(C)C. The fourth-order valence-electron chi connectivity index (χ4n) is 2.29. The molecule has 0 radical (unpaired) electrons. The van der Waals surface area contributed by atoms with Gasteiger partial charge in [0, 0.05) is 17.1 Å². The highest BCUT2D eigenvalue weighted by Gasteiger charge is 2.26. The van der Waals surface area contributed by atoms with Crippen molar-refractivity contribution in [3.8, 4) is 0 Å². The first-order valence-electron chi connectivity index (χ1n) is 6.46. The maximum Gasteiger partial charge on any atom is 0.144 e. The van der Waals surface area contributed by atoms with E-state index < -0.39 is 0 Å². The predicted molar refractivity (Wildman–Crippen MR) is 76.0 cm³/mol. The number of nitrogens with zero attached hydrogens (tertiary/aromatic N) is 3. The molecule has 0 N–H and O–H groups in total. The monoisotopic (exact) mass is 245 g/mol. The molecule has 3 nitrogen and oxygen atoms in total. The zero-order valence-electron chi connectivity index (χ0n) is 12.5. The summed E-state index contributed by atoms with van der Waals surface area (Å²) >= 11 is 0. The molecule has 18 heavy (non-hydrogen) atoms. The van der Waals surface area contributed by atoms with Crippen molar-refractivity contribution in [2.24, 2.45) is 0 Å². The van der Waals surface area contributed by atoms with Crippen molar-refractivity contribution in [1.82, 2.24) is 14.5 Å². The van der Waals surface area contributed by atoms with E-state index in [1.54, 1.807) is 6.33 Å². The molecule has 0 aliphatic carbocycles. The molecule has 3 heteroatoms. The van der Waals surface area contributed by atoms with Gasteiger partial charge in [0.1, 0.15) is 12.0 Å². The first kappa shape index (κ1) is 13.1. The number of fused-ring (bicyclic) bond motifs is 1.